The number of nitrogen functional groups attached to an aromatic ring is 1. The van der Waals surface area contributed by atoms with Gasteiger partial charge in [0, 0.05) is 12.5 Å². The molecule has 0 saturated heterocycles. The molecule has 0 aliphatic rings. The van der Waals surface area contributed by atoms with E-state index in [9.17, 15) is 4.39 Å². The van der Waals surface area contributed by atoms with Gasteiger partial charge >= 0.3 is 0 Å². The minimum Gasteiger partial charge on any atom is -0.339 e. The lowest BCUT2D eigenvalue weighted by Crippen LogP contribution is -2.11. The Morgan fingerprint density at radius 1 is 1.25 bits per heavy atom. The molecule has 0 unspecified atom stereocenters. The SMILES string of the molecule is CCCc1nc(NN)cc(Nc2cc(F)ccc2Cl)n1. The monoisotopic (exact) mass is 295 g/mol. The summed E-state index contributed by atoms with van der Waals surface area (Å²) in [5, 5.41) is 3.37. The second kappa shape index (κ2) is 6.49. The van der Waals surface area contributed by atoms with E-state index in [1.165, 1.54) is 18.2 Å². The highest BCUT2D eigenvalue weighted by atomic mass is 35.5. The molecule has 0 spiro atoms. The molecule has 20 heavy (non-hydrogen) atoms. The summed E-state index contributed by atoms with van der Waals surface area (Å²) in [4.78, 5) is 8.57. The zero-order chi connectivity index (χ0) is 14.5. The largest absolute Gasteiger partial charge is 0.339 e. The molecule has 106 valence electrons. The average molecular weight is 296 g/mol. The van der Waals surface area contributed by atoms with Crippen molar-refractivity contribution in [3.05, 3.63) is 40.9 Å². The maximum Gasteiger partial charge on any atom is 0.145 e. The molecule has 0 aliphatic heterocycles. The van der Waals surface area contributed by atoms with Gasteiger partial charge < -0.3 is 10.7 Å². The Labute approximate surface area is 121 Å². The first kappa shape index (κ1) is 14.5. The number of nitrogens with zero attached hydrogens (tertiary/aromatic N) is 2. The molecule has 0 atom stereocenters. The first-order valence-corrected chi connectivity index (χ1v) is 6.57. The molecule has 2 rings (SSSR count). The van der Waals surface area contributed by atoms with E-state index in [-0.39, 0.29) is 5.82 Å². The van der Waals surface area contributed by atoms with Crippen LogP contribution in [-0.2, 0) is 6.42 Å². The molecule has 0 saturated carbocycles. The van der Waals surface area contributed by atoms with E-state index in [1.54, 1.807) is 6.07 Å². The second-order valence-corrected chi connectivity index (χ2v) is 4.61. The van der Waals surface area contributed by atoms with Crippen molar-refractivity contribution in [2.45, 2.75) is 19.8 Å². The summed E-state index contributed by atoms with van der Waals surface area (Å²) < 4.78 is 13.2. The van der Waals surface area contributed by atoms with E-state index in [2.05, 4.69) is 20.7 Å². The summed E-state index contributed by atoms with van der Waals surface area (Å²) >= 11 is 6.01. The van der Waals surface area contributed by atoms with Crippen molar-refractivity contribution in [1.29, 1.82) is 0 Å². The number of anilines is 3. The van der Waals surface area contributed by atoms with Crippen molar-refractivity contribution in [3.8, 4) is 0 Å². The topological polar surface area (TPSA) is 75.9 Å². The highest BCUT2D eigenvalue weighted by Crippen LogP contribution is 2.26. The summed E-state index contributed by atoms with van der Waals surface area (Å²) in [6, 6.07) is 5.71. The quantitative estimate of drug-likeness (QED) is 0.583. The minimum atomic E-state index is -0.378. The van der Waals surface area contributed by atoms with Gasteiger partial charge in [0.1, 0.15) is 23.3 Å². The number of nitrogens with two attached hydrogens (primary N) is 1. The van der Waals surface area contributed by atoms with Crippen LogP contribution in [-0.4, -0.2) is 9.97 Å². The number of nitrogens with one attached hydrogen (secondary N) is 2. The van der Waals surface area contributed by atoms with Gasteiger partial charge in [0.15, 0.2) is 0 Å². The molecule has 1 heterocycles. The van der Waals surface area contributed by atoms with Crippen LogP contribution < -0.4 is 16.6 Å². The van der Waals surface area contributed by atoms with E-state index in [0.717, 1.165) is 12.8 Å². The predicted octanol–water partition coefficient (Wildman–Crippen LogP) is 3.25. The van der Waals surface area contributed by atoms with Crippen molar-refractivity contribution in [2.24, 2.45) is 5.84 Å². The third-order valence-electron chi connectivity index (χ3n) is 2.59. The van der Waals surface area contributed by atoms with Crippen LogP contribution in [0.25, 0.3) is 0 Å². The summed E-state index contributed by atoms with van der Waals surface area (Å²) in [6.45, 7) is 2.03. The highest BCUT2D eigenvalue weighted by Gasteiger charge is 2.07. The molecule has 4 N–H and O–H groups in total. The van der Waals surface area contributed by atoms with Crippen molar-refractivity contribution in [2.75, 3.05) is 10.7 Å². The van der Waals surface area contributed by atoms with Gasteiger partial charge in [-0.3, -0.25) is 0 Å². The Hall–Kier alpha value is -1.92. The summed E-state index contributed by atoms with van der Waals surface area (Å²) in [5.74, 6) is 6.64. The lowest BCUT2D eigenvalue weighted by atomic mass is 10.3. The Kier molecular flexibility index (Phi) is 4.70. The van der Waals surface area contributed by atoms with Gasteiger partial charge in [-0.25, -0.2) is 20.2 Å². The molecule has 2 aromatic rings. The third kappa shape index (κ3) is 3.55. The molecule has 7 heteroatoms. The molecule has 0 bridgehead atoms. The van der Waals surface area contributed by atoms with Crippen LogP contribution in [0.15, 0.2) is 24.3 Å². The van der Waals surface area contributed by atoms with Gasteiger partial charge in [0.25, 0.3) is 0 Å². The Morgan fingerprint density at radius 2 is 2.00 bits per heavy atom. The molecular weight excluding hydrogens is 281 g/mol. The van der Waals surface area contributed by atoms with E-state index in [4.69, 9.17) is 17.4 Å². The van der Waals surface area contributed by atoms with Gasteiger partial charge in [-0.15, -0.1) is 0 Å². The number of hydrogen-bond donors (Lipinski definition) is 3. The standard InChI is InChI=1S/C13H15ClFN5/c1-2-3-11-18-12(7-13(19-11)20-16)17-10-6-8(15)4-5-9(10)14/h4-7H,2-3,16H2,1H3,(H2,17,18,19,20). The van der Waals surface area contributed by atoms with Gasteiger partial charge in [-0.1, -0.05) is 18.5 Å². The van der Waals surface area contributed by atoms with Gasteiger partial charge in [-0.2, -0.15) is 0 Å². The molecule has 0 fully saturated rings. The van der Waals surface area contributed by atoms with Gasteiger partial charge in [0.2, 0.25) is 0 Å². The molecule has 0 aliphatic carbocycles. The molecule has 0 radical (unpaired) electrons. The Morgan fingerprint density at radius 3 is 2.70 bits per heavy atom. The molecule has 0 amide bonds. The lowest BCUT2D eigenvalue weighted by molar-refractivity contribution is 0.628. The van der Waals surface area contributed by atoms with E-state index in [0.29, 0.717) is 28.2 Å². The first-order chi connectivity index (χ1) is 9.62. The number of hydrazine groups is 1. The minimum absolute atomic E-state index is 0.378. The van der Waals surface area contributed by atoms with Crippen LogP contribution in [0.3, 0.4) is 0 Å². The highest BCUT2D eigenvalue weighted by molar-refractivity contribution is 6.33. The van der Waals surface area contributed by atoms with Crippen LogP contribution in [0.5, 0.6) is 0 Å². The zero-order valence-corrected chi connectivity index (χ0v) is 11.7. The average Bonchev–Trinajstić information content (AvgIpc) is 2.43. The molecule has 5 nitrogen and oxygen atoms in total. The number of aromatic nitrogens is 2. The van der Waals surface area contributed by atoms with Crippen LogP contribution in [0.4, 0.5) is 21.7 Å². The first-order valence-electron chi connectivity index (χ1n) is 6.19. The maximum atomic E-state index is 13.2. The zero-order valence-electron chi connectivity index (χ0n) is 11.0. The fraction of sp³-hybridized carbons (Fsp3) is 0.231. The summed E-state index contributed by atoms with van der Waals surface area (Å²) in [7, 11) is 0. The normalized spacial score (nSPS) is 10.4. The van der Waals surface area contributed by atoms with Crippen molar-refractivity contribution in [1.82, 2.24) is 9.97 Å². The number of rotatable bonds is 5. The lowest BCUT2D eigenvalue weighted by Gasteiger charge is -2.10. The van der Waals surface area contributed by atoms with Crippen LogP contribution in [0.2, 0.25) is 5.02 Å². The fourth-order valence-corrected chi connectivity index (χ4v) is 1.87. The summed E-state index contributed by atoms with van der Waals surface area (Å²) in [5.41, 5.74) is 2.92. The van der Waals surface area contributed by atoms with Gasteiger partial charge in [0.05, 0.1) is 10.7 Å². The van der Waals surface area contributed by atoms with Crippen molar-refractivity contribution in [3.63, 3.8) is 0 Å². The summed E-state index contributed by atoms with van der Waals surface area (Å²) in [6.07, 6.45) is 1.63. The van der Waals surface area contributed by atoms with E-state index >= 15 is 0 Å². The van der Waals surface area contributed by atoms with E-state index < -0.39 is 0 Å². The Balaban J connectivity index is 2.32. The van der Waals surface area contributed by atoms with E-state index in [1.807, 2.05) is 6.92 Å². The van der Waals surface area contributed by atoms with Crippen LogP contribution in [0, 0.1) is 5.82 Å². The number of aryl methyl sites for hydroxylation is 1. The number of hydrogen-bond acceptors (Lipinski definition) is 5. The molecule has 1 aromatic heterocycles. The second-order valence-electron chi connectivity index (χ2n) is 4.20. The fourth-order valence-electron chi connectivity index (χ4n) is 1.70. The van der Waals surface area contributed by atoms with Crippen molar-refractivity contribution < 1.29 is 4.39 Å². The number of halogens is 2. The predicted molar refractivity (Wildman–Crippen MR) is 78.5 cm³/mol. The smallest absolute Gasteiger partial charge is 0.145 e. The Bertz CT molecular complexity index is 605. The molecular formula is C13H15ClFN5. The molecule has 1 aromatic carbocycles. The van der Waals surface area contributed by atoms with Gasteiger partial charge in [-0.05, 0) is 24.6 Å². The number of benzene rings is 1. The van der Waals surface area contributed by atoms with Crippen LogP contribution in [0.1, 0.15) is 19.2 Å². The van der Waals surface area contributed by atoms with Crippen LogP contribution >= 0.6 is 11.6 Å². The third-order valence-corrected chi connectivity index (χ3v) is 2.91. The maximum absolute atomic E-state index is 13.2. The van der Waals surface area contributed by atoms with Crippen molar-refractivity contribution >= 4 is 28.9 Å².